The van der Waals surface area contributed by atoms with Gasteiger partial charge in [0.1, 0.15) is 6.61 Å². The number of nitrogens with zero attached hydrogens (tertiary/aromatic N) is 3. The summed E-state index contributed by atoms with van der Waals surface area (Å²) in [5, 5.41) is 0. The minimum absolute atomic E-state index is 0.404. The van der Waals surface area contributed by atoms with Gasteiger partial charge in [-0.1, -0.05) is 29.8 Å². The van der Waals surface area contributed by atoms with Crippen LogP contribution in [0.1, 0.15) is 16.8 Å². The molecule has 0 saturated carbocycles. The first-order valence-electron chi connectivity index (χ1n) is 7.70. The molecule has 0 amide bonds. The van der Waals surface area contributed by atoms with E-state index in [1.807, 2.05) is 30.3 Å². The van der Waals surface area contributed by atoms with E-state index in [1.54, 1.807) is 19.5 Å². The molecule has 3 rings (SSSR count). The number of hydrogen-bond donors (Lipinski definition) is 0. The van der Waals surface area contributed by atoms with E-state index < -0.39 is 0 Å². The number of benzene rings is 1. The SMILES string of the molecule is COCc1cc(OCc2cccc(C)c2)nc(-c2ccncc2)n1. The minimum Gasteiger partial charge on any atom is -0.473 e. The minimum atomic E-state index is 0.404. The summed E-state index contributed by atoms with van der Waals surface area (Å²) in [6.07, 6.45) is 3.43. The molecular weight excluding hydrogens is 302 g/mol. The van der Waals surface area contributed by atoms with Crippen molar-refractivity contribution in [2.75, 3.05) is 7.11 Å². The smallest absolute Gasteiger partial charge is 0.217 e. The molecule has 24 heavy (non-hydrogen) atoms. The van der Waals surface area contributed by atoms with Crippen LogP contribution >= 0.6 is 0 Å². The van der Waals surface area contributed by atoms with E-state index in [1.165, 1.54) is 5.56 Å². The summed E-state index contributed by atoms with van der Waals surface area (Å²) in [5.74, 6) is 1.14. The highest BCUT2D eigenvalue weighted by atomic mass is 16.5. The molecule has 0 fully saturated rings. The molecule has 3 aromatic rings. The topological polar surface area (TPSA) is 57.1 Å². The number of pyridine rings is 1. The van der Waals surface area contributed by atoms with Gasteiger partial charge in [-0.05, 0) is 24.6 Å². The summed E-state index contributed by atoms with van der Waals surface area (Å²) in [6, 6.07) is 13.8. The lowest BCUT2D eigenvalue weighted by atomic mass is 10.1. The van der Waals surface area contributed by atoms with E-state index in [0.717, 1.165) is 16.8 Å². The summed E-state index contributed by atoms with van der Waals surface area (Å²) in [7, 11) is 1.64. The Hall–Kier alpha value is -2.79. The first-order valence-corrected chi connectivity index (χ1v) is 7.70. The molecule has 122 valence electrons. The quantitative estimate of drug-likeness (QED) is 0.694. The molecule has 0 atom stereocenters. The van der Waals surface area contributed by atoms with Crippen LogP contribution in [0.4, 0.5) is 0 Å². The lowest BCUT2D eigenvalue weighted by Crippen LogP contribution is -2.03. The first kappa shape index (κ1) is 16.1. The van der Waals surface area contributed by atoms with Gasteiger partial charge in [0, 0.05) is 31.1 Å². The van der Waals surface area contributed by atoms with Gasteiger partial charge in [0.15, 0.2) is 5.82 Å². The normalized spacial score (nSPS) is 10.6. The second-order valence-electron chi connectivity index (χ2n) is 5.47. The highest BCUT2D eigenvalue weighted by Crippen LogP contribution is 2.20. The van der Waals surface area contributed by atoms with Crippen LogP contribution in [0.5, 0.6) is 5.88 Å². The van der Waals surface area contributed by atoms with Crippen molar-refractivity contribution in [3.05, 3.63) is 71.7 Å². The van der Waals surface area contributed by atoms with Crippen molar-refractivity contribution in [2.24, 2.45) is 0 Å². The van der Waals surface area contributed by atoms with Gasteiger partial charge < -0.3 is 9.47 Å². The molecule has 2 heterocycles. The summed E-state index contributed by atoms with van der Waals surface area (Å²) in [4.78, 5) is 13.1. The van der Waals surface area contributed by atoms with E-state index >= 15 is 0 Å². The van der Waals surface area contributed by atoms with Crippen molar-refractivity contribution >= 4 is 0 Å². The van der Waals surface area contributed by atoms with Crippen LogP contribution < -0.4 is 4.74 Å². The third kappa shape index (κ3) is 4.14. The van der Waals surface area contributed by atoms with E-state index in [0.29, 0.717) is 24.9 Å². The molecule has 0 N–H and O–H groups in total. The van der Waals surface area contributed by atoms with Crippen molar-refractivity contribution in [1.29, 1.82) is 0 Å². The Balaban J connectivity index is 1.85. The first-order chi connectivity index (χ1) is 11.7. The predicted octanol–water partition coefficient (Wildman–Crippen LogP) is 3.57. The molecule has 0 aliphatic carbocycles. The average Bonchev–Trinajstić information content (AvgIpc) is 2.61. The van der Waals surface area contributed by atoms with Gasteiger partial charge in [0.25, 0.3) is 0 Å². The van der Waals surface area contributed by atoms with E-state index in [4.69, 9.17) is 9.47 Å². The van der Waals surface area contributed by atoms with Gasteiger partial charge in [-0.3, -0.25) is 4.98 Å². The van der Waals surface area contributed by atoms with Crippen LogP contribution in [0.3, 0.4) is 0 Å². The highest BCUT2D eigenvalue weighted by Gasteiger charge is 2.08. The Morgan fingerprint density at radius 3 is 2.54 bits per heavy atom. The van der Waals surface area contributed by atoms with Crippen LogP contribution in [0.2, 0.25) is 0 Å². The highest BCUT2D eigenvalue weighted by molar-refractivity contribution is 5.54. The Morgan fingerprint density at radius 2 is 1.79 bits per heavy atom. The van der Waals surface area contributed by atoms with Gasteiger partial charge >= 0.3 is 0 Å². The molecule has 0 spiro atoms. The number of aryl methyl sites for hydroxylation is 1. The van der Waals surface area contributed by atoms with Crippen molar-refractivity contribution in [3.63, 3.8) is 0 Å². The molecular formula is C19H19N3O2. The maximum absolute atomic E-state index is 5.87. The molecule has 0 radical (unpaired) electrons. The average molecular weight is 321 g/mol. The van der Waals surface area contributed by atoms with E-state index in [2.05, 4.69) is 34.0 Å². The van der Waals surface area contributed by atoms with Crippen molar-refractivity contribution in [1.82, 2.24) is 15.0 Å². The number of aromatic nitrogens is 3. The molecule has 0 saturated heterocycles. The van der Waals surface area contributed by atoms with Crippen molar-refractivity contribution in [3.8, 4) is 17.3 Å². The lowest BCUT2D eigenvalue weighted by molar-refractivity contribution is 0.180. The zero-order valence-corrected chi connectivity index (χ0v) is 13.8. The second kappa shape index (κ2) is 7.66. The number of rotatable bonds is 6. The standard InChI is InChI=1S/C19H19N3O2/c1-14-4-3-5-15(10-14)12-24-18-11-17(13-23-2)21-19(22-18)16-6-8-20-9-7-16/h3-11H,12-13H2,1-2H3. The Kier molecular flexibility index (Phi) is 5.13. The molecule has 5 nitrogen and oxygen atoms in total. The summed E-state index contributed by atoms with van der Waals surface area (Å²) in [5.41, 5.74) is 3.98. The fourth-order valence-electron chi connectivity index (χ4n) is 2.36. The van der Waals surface area contributed by atoms with Gasteiger partial charge in [0.05, 0.1) is 12.3 Å². The molecule has 2 aromatic heterocycles. The summed E-state index contributed by atoms with van der Waals surface area (Å²) in [6.45, 7) is 2.93. The molecule has 0 unspecified atom stereocenters. The van der Waals surface area contributed by atoms with E-state index in [-0.39, 0.29) is 0 Å². The molecule has 0 bridgehead atoms. The molecule has 0 aliphatic rings. The summed E-state index contributed by atoms with van der Waals surface area (Å²) >= 11 is 0. The maximum atomic E-state index is 5.87. The van der Waals surface area contributed by atoms with Crippen LogP contribution in [0, 0.1) is 6.92 Å². The van der Waals surface area contributed by atoms with Crippen molar-refractivity contribution < 1.29 is 9.47 Å². The number of hydrogen-bond acceptors (Lipinski definition) is 5. The van der Waals surface area contributed by atoms with E-state index in [9.17, 15) is 0 Å². The molecule has 1 aromatic carbocycles. The Labute approximate surface area is 141 Å². The van der Waals surface area contributed by atoms with Gasteiger partial charge in [0.2, 0.25) is 5.88 Å². The van der Waals surface area contributed by atoms with Crippen molar-refractivity contribution in [2.45, 2.75) is 20.1 Å². The number of ether oxygens (including phenoxy) is 2. The van der Waals surface area contributed by atoms with Crippen LogP contribution in [0.25, 0.3) is 11.4 Å². The predicted molar refractivity (Wildman–Crippen MR) is 91.5 cm³/mol. The third-order valence-electron chi connectivity index (χ3n) is 3.46. The zero-order chi connectivity index (χ0) is 16.8. The lowest BCUT2D eigenvalue weighted by Gasteiger charge is -2.10. The monoisotopic (exact) mass is 321 g/mol. The number of methoxy groups -OCH3 is 1. The van der Waals surface area contributed by atoms with Crippen LogP contribution in [-0.4, -0.2) is 22.1 Å². The van der Waals surface area contributed by atoms with Gasteiger partial charge in [-0.25, -0.2) is 4.98 Å². The Morgan fingerprint density at radius 1 is 0.958 bits per heavy atom. The maximum Gasteiger partial charge on any atom is 0.217 e. The fourth-order valence-corrected chi connectivity index (χ4v) is 2.36. The van der Waals surface area contributed by atoms with Gasteiger partial charge in [-0.15, -0.1) is 0 Å². The largest absolute Gasteiger partial charge is 0.473 e. The fraction of sp³-hybridized carbons (Fsp3) is 0.211. The second-order valence-corrected chi connectivity index (χ2v) is 5.47. The van der Waals surface area contributed by atoms with Crippen LogP contribution in [0.15, 0.2) is 54.9 Å². The molecule has 5 heteroatoms. The summed E-state index contributed by atoms with van der Waals surface area (Å²) < 4.78 is 11.1. The zero-order valence-electron chi connectivity index (χ0n) is 13.8. The molecule has 0 aliphatic heterocycles. The van der Waals surface area contributed by atoms with Crippen LogP contribution in [-0.2, 0) is 18.0 Å². The van der Waals surface area contributed by atoms with Gasteiger partial charge in [-0.2, -0.15) is 4.98 Å². The third-order valence-corrected chi connectivity index (χ3v) is 3.46. The Bertz CT molecular complexity index is 807.